The van der Waals surface area contributed by atoms with E-state index in [9.17, 15) is 8.42 Å². The number of nitrogens with two attached hydrogens (primary N) is 1. The van der Waals surface area contributed by atoms with E-state index in [4.69, 9.17) is 22.1 Å². The van der Waals surface area contributed by atoms with Crippen LogP contribution in [0.3, 0.4) is 0 Å². The Morgan fingerprint density at radius 1 is 1.05 bits per heavy atom. The Morgan fingerprint density at radius 2 is 1.67 bits per heavy atom. The van der Waals surface area contributed by atoms with Gasteiger partial charge in [0.05, 0.1) is 0 Å². The number of rotatable bonds is 4. The van der Waals surface area contributed by atoms with Crippen LogP contribution in [0, 0.1) is 0 Å². The van der Waals surface area contributed by atoms with E-state index in [-0.39, 0.29) is 4.90 Å². The van der Waals surface area contributed by atoms with Gasteiger partial charge < -0.3 is 10.5 Å². The monoisotopic (exact) mass is 326 g/mol. The maximum atomic E-state index is 11.8. The second-order valence-electron chi connectivity index (χ2n) is 3.83. The molecule has 21 heavy (non-hydrogen) atoms. The van der Waals surface area contributed by atoms with Crippen molar-refractivity contribution >= 4 is 27.7 Å². The molecule has 0 saturated heterocycles. The van der Waals surface area contributed by atoms with Gasteiger partial charge in [-0.25, -0.2) is 0 Å². The molecule has 0 aliphatic heterocycles. The van der Waals surface area contributed by atoms with E-state index in [0.29, 0.717) is 10.8 Å². The Labute approximate surface area is 126 Å². The lowest BCUT2D eigenvalue weighted by molar-refractivity contribution is 0.324. The molecule has 2 aromatic rings. The zero-order valence-corrected chi connectivity index (χ0v) is 12.2. The predicted molar refractivity (Wildman–Crippen MR) is 78.4 cm³/mol. The molecule has 2 N–H and O–H groups in total. The molecule has 0 aliphatic carbocycles. The van der Waals surface area contributed by atoms with Gasteiger partial charge in [-0.05, 0) is 41.6 Å². The lowest BCUT2D eigenvalue weighted by Gasteiger charge is -2.04. The summed E-state index contributed by atoms with van der Waals surface area (Å²) >= 11 is 5.72. The zero-order valence-electron chi connectivity index (χ0n) is 10.6. The Morgan fingerprint density at radius 3 is 2.29 bits per heavy atom. The van der Waals surface area contributed by atoms with E-state index in [2.05, 4.69) is 9.44 Å². The molecule has 0 unspecified atom stereocenters. The third kappa shape index (κ3) is 4.37. The van der Waals surface area contributed by atoms with Crippen LogP contribution in [0.5, 0.6) is 5.75 Å². The van der Waals surface area contributed by atoms with Crippen LogP contribution >= 0.6 is 11.6 Å². The summed E-state index contributed by atoms with van der Waals surface area (Å²) in [6.45, 7) is 0. The third-order valence-corrected chi connectivity index (χ3v) is 3.67. The summed E-state index contributed by atoms with van der Waals surface area (Å²) in [4.78, 5) is -0.0342. The molecule has 0 saturated carbocycles. The van der Waals surface area contributed by atoms with Crippen LogP contribution in [0.25, 0.3) is 0 Å². The first-order valence-electron chi connectivity index (χ1n) is 5.73. The summed E-state index contributed by atoms with van der Waals surface area (Å²) in [5, 5.41) is 3.77. The third-order valence-electron chi connectivity index (χ3n) is 2.29. The lowest BCUT2D eigenvalue weighted by atomic mass is 10.3. The molecular weight excluding hydrogens is 316 g/mol. The molecule has 2 rings (SSSR count). The van der Waals surface area contributed by atoms with Gasteiger partial charge in [0.1, 0.15) is 10.6 Å². The maximum absolute atomic E-state index is 11.8. The van der Waals surface area contributed by atoms with Gasteiger partial charge in [-0.1, -0.05) is 29.8 Å². The molecular formula is C13H11ClN2O4S. The highest BCUT2D eigenvalue weighted by atomic mass is 35.5. The number of halogens is 1. The van der Waals surface area contributed by atoms with Crippen molar-refractivity contribution in [3.63, 3.8) is 0 Å². The fourth-order valence-corrected chi connectivity index (χ4v) is 2.23. The smallest absolute Gasteiger partial charge is 0.358 e. The van der Waals surface area contributed by atoms with Crippen LogP contribution in [-0.4, -0.2) is 14.4 Å². The van der Waals surface area contributed by atoms with E-state index in [1.165, 1.54) is 12.1 Å². The molecule has 0 heterocycles. The summed E-state index contributed by atoms with van der Waals surface area (Å²) in [7, 11) is -4.02. The largest absolute Gasteiger partial charge is 0.424 e. The molecule has 6 nitrogen and oxygen atoms in total. The summed E-state index contributed by atoms with van der Waals surface area (Å²) in [5.41, 5.74) is 5.43. The first kappa shape index (κ1) is 15.1. The summed E-state index contributed by atoms with van der Waals surface area (Å²) in [6, 6.07) is 13.4. The second-order valence-corrected chi connectivity index (χ2v) is 5.79. The minimum absolute atomic E-state index is 0.0342. The number of nitrogens with zero attached hydrogens (tertiary/aromatic N) is 1. The Bertz CT molecular complexity index is 731. The SMILES string of the molecule is N/C(=N/OS(=O)(=O)c1ccccc1)Oc1ccc(Cl)cc1. The van der Waals surface area contributed by atoms with Crippen molar-refractivity contribution in [2.75, 3.05) is 0 Å². The fraction of sp³-hybridized carbons (Fsp3) is 0. The fourth-order valence-electron chi connectivity index (χ4n) is 1.36. The summed E-state index contributed by atoms with van der Waals surface area (Å²) < 4.78 is 33.1. The minimum atomic E-state index is -4.02. The zero-order chi connectivity index (χ0) is 15.3. The number of ether oxygens (including phenoxy) is 1. The average Bonchev–Trinajstić information content (AvgIpc) is 2.49. The molecule has 0 aromatic heterocycles. The van der Waals surface area contributed by atoms with Gasteiger partial charge in [0, 0.05) is 5.02 Å². The Balaban J connectivity index is 2.05. The van der Waals surface area contributed by atoms with Crippen molar-refractivity contribution in [3.05, 3.63) is 59.6 Å². The van der Waals surface area contributed by atoms with Crippen LogP contribution in [0.2, 0.25) is 5.02 Å². The lowest BCUT2D eigenvalue weighted by Crippen LogP contribution is -2.20. The van der Waals surface area contributed by atoms with E-state index >= 15 is 0 Å². The molecule has 0 radical (unpaired) electrons. The van der Waals surface area contributed by atoms with Crippen molar-refractivity contribution in [1.82, 2.24) is 0 Å². The van der Waals surface area contributed by atoms with Gasteiger partial charge in [-0.15, -0.1) is 0 Å². The van der Waals surface area contributed by atoms with Crippen molar-refractivity contribution in [2.45, 2.75) is 4.90 Å². The normalized spacial score (nSPS) is 12.0. The molecule has 2 aromatic carbocycles. The highest BCUT2D eigenvalue weighted by Crippen LogP contribution is 2.16. The summed E-state index contributed by atoms with van der Waals surface area (Å²) in [5.74, 6) is 0.348. The number of benzene rings is 2. The van der Waals surface area contributed by atoms with Gasteiger partial charge in [-0.2, -0.15) is 8.42 Å². The van der Waals surface area contributed by atoms with Crippen LogP contribution in [0.4, 0.5) is 0 Å². The van der Waals surface area contributed by atoms with Gasteiger partial charge in [0.25, 0.3) is 0 Å². The first-order valence-corrected chi connectivity index (χ1v) is 7.51. The highest BCUT2D eigenvalue weighted by molar-refractivity contribution is 7.86. The molecule has 8 heteroatoms. The Kier molecular flexibility index (Phi) is 4.66. The minimum Gasteiger partial charge on any atom is -0.424 e. The quantitative estimate of drug-likeness (QED) is 0.529. The van der Waals surface area contributed by atoms with Gasteiger partial charge >= 0.3 is 16.1 Å². The van der Waals surface area contributed by atoms with Crippen LogP contribution in [0.1, 0.15) is 0 Å². The van der Waals surface area contributed by atoms with E-state index in [1.54, 1.807) is 42.5 Å². The molecule has 110 valence electrons. The maximum Gasteiger partial charge on any atom is 0.358 e. The first-order chi connectivity index (χ1) is 9.97. The van der Waals surface area contributed by atoms with Crippen molar-refractivity contribution in [1.29, 1.82) is 0 Å². The van der Waals surface area contributed by atoms with Gasteiger partial charge in [0.15, 0.2) is 0 Å². The topological polar surface area (TPSA) is 91.0 Å². The predicted octanol–water partition coefficient (Wildman–Crippen LogP) is 2.35. The van der Waals surface area contributed by atoms with Crippen LogP contribution < -0.4 is 10.5 Å². The second kappa shape index (κ2) is 6.47. The average molecular weight is 327 g/mol. The van der Waals surface area contributed by atoms with Gasteiger partial charge in [-0.3, -0.25) is 4.28 Å². The summed E-state index contributed by atoms with van der Waals surface area (Å²) in [6.07, 6.45) is 0. The van der Waals surface area contributed by atoms with Crippen molar-refractivity contribution in [2.24, 2.45) is 10.9 Å². The molecule has 0 bridgehead atoms. The highest BCUT2D eigenvalue weighted by Gasteiger charge is 2.15. The Hall–Kier alpha value is -2.25. The van der Waals surface area contributed by atoms with Gasteiger partial charge in [0.2, 0.25) is 0 Å². The standard InChI is InChI=1S/C13H11ClN2O4S/c14-10-6-8-11(9-7-10)19-13(15)16-20-21(17,18)12-4-2-1-3-5-12/h1-9H,(H2,15,16). The number of amidine groups is 1. The molecule has 0 atom stereocenters. The van der Waals surface area contributed by atoms with E-state index in [0.717, 1.165) is 0 Å². The van der Waals surface area contributed by atoms with Crippen LogP contribution in [-0.2, 0) is 14.4 Å². The molecule has 0 spiro atoms. The molecule has 0 aliphatic rings. The van der Waals surface area contributed by atoms with Crippen LogP contribution in [0.15, 0.2) is 64.6 Å². The number of hydrogen-bond donors (Lipinski definition) is 1. The number of oxime groups is 1. The molecule has 0 amide bonds. The van der Waals surface area contributed by atoms with E-state index in [1.807, 2.05) is 0 Å². The molecule has 0 fully saturated rings. The van der Waals surface area contributed by atoms with E-state index < -0.39 is 16.1 Å². The van der Waals surface area contributed by atoms with Crippen molar-refractivity contribution < 1.29 is 17.4 Å². The number of hydrogen-bond acceptors (Lipinski definition) is 5. The van der Waals surface area contributed by atoms with Crippen molar-refractivity contribution in [3.8, 4) is 5.75 Å².